The summed E-state index contributed by atoms with van der Waals surface area (Å²) in [5, 5.41) is 0.905. The van der Waals surface area contributed by atoms with E-state index < -0.39 is 0 Å². The van der Waals surface area contributed by atoms with Crippen LogP contribution in [0.15, 0.2) is 0 Å². The molecule has 0 amide bonds. The summed E-state index contributed by atoms with van der Waals surface area (Å²) in [5.74, 6) is 1.33. The molecule has 0 radical (unpaired) electrons. The predicted octanol–water partition coefficient (Wildman–Crippen LogP) is 1.30. The minimum Gasteiger partial charge on any atom is -0.329 e. The Labute approximate surface area is 85.2 Å². The van der Waals surface area contributed by atoms with E-state index in [0.29, 0.717) is 0 Å². The summed E-state index contributed by atoms with van der Waals surface area (Å²) >= 11 is 2.15. The molecule has 0 aromatic rings. The van der Waals surface area contributed by atoms with E-state index in [2.05, 4.69) is 30.5 Å². The zero-order valence-corrected chi connectivity index (χ0v) is 9.44. The molecular weight excluding hydrogens is 180 g/mol. The van der Waals surface area contributed by atoms with Crippen LogP contribution in [-0.4, -0.2) is 40.6 Å². The van der Waals surface area contributed by atoms with Gasteiger partial charge in [-0.3, -0.25) is 4.90 Å². The highest BCUT2D eigenvalue weighted by Gasteiger charge is 2.45. The second kappa shape index (κ2) is 3.44. The average molecular weight is 200 g/mol. The van der Waals surface area contributed by atoms with Gasteiger partial charge in [-0.25, -0.2) is 0 Å². The lowest BCUT2D eigenvalue weighted by atomic mass is 9.96. The van der Waals surface area contributed by atoms with Gasteiger partial charge < -0.3 is 5.73 Å². The summed E-state index contributed by atoms with van der Waals surface area (Å²) < 4.78 is 0. The first-order valence-corrected chi connectivity index (χ1v) is 6.33. The van der Waals surface area contributed by atoms with Crippen LogP contribution in [0.1, 0.15) is 26.7 Å². The van der Waals surface area contributed by atoms with E-state index in [1.165, 1.54) is 25.1 Å². The third-order valence-electron chi connectivity index (χ3n) is 3.80. The van der Waals surface area contributed by atoms with Crippen molar-refractivity contribution in [1.82, 2.24) is 4.90 Å². The first kappa shape index (κ1) is 9.81. The molecule has 2 rings (SSSR count). The van der Waals surface area contributed by atoms with Crippen molar-refractivity contribution in [2.45, 2.75) is 43.5 Å². The van der Waals surface area contributed by atoms with Crippen molar-refractivity contribution in [3.63, 3.8) is 0 Å². The fraction of sp³-hybridized carbons (Fsp3) is 1.00. The zero-order chi connectivity index (χ0) is 9.47. The van der Waals surface area contributed by atoms with Gasteiger partial charge in [0.05, 0.1) is 0 Å². The number of nitrogens with two attached hydrogens (primary N) is 1. The van der Waals surface area contributed by atoms with Crippen LogP contribution < -0.4 is 5.73 Å². The maximum absolute atomic E-state index is 5.88. The Morgan fingerprint density at radius 2 is 2.38 bits per heavy atom. The van der Waals surface area contributed by atoms with Crippen LogP contribution in [0.2, 0.25) is 0 Å². The van der Waals surface area contributed by atoms with E-state index in [4.69, 9.17) is 5.73 Å². The van der Waals surface area contributed by atoms with E-state index in [0.717, 1.165) is 17.8 Å². The maximum atomic E-state index is 5.88. The molecule has 0 aromatic carbocycles. The molecule has 2 bridgehead atoms. The molecule has 2 aliphatic rings. The van der Waals surface area contributed by atoms with Gasteiger partial charge in [-0.1, -0.05) is 6.92 Å². The molecule has 0 aromatic heterocycles. The van der Waals surface area contributed by atoms with E-state index >= 15 is 0 Å². The molecule has 0 spiro atoms. The number of hydrogen-bond donors (Lipinski definition) is 1. The summed E-state index contributed by atoms with van der Waals surface area (Å²) in [7, 11) is 0. The summed E-state index contributed by atoms with van der Waals surface area (Å²) in [6.07, 6.45) is 2.58. The molecule has 2 fully saturated rings. The number of thioether (sulfide) groups is 1. The third kappa shape index (κ3) is 1.51. The lowest BCUT2D eigenvalue weighted by molar-refractivity contribution is 0.0998. The lowest BCUT2D eigenvalue weighted by Crippen LogP contribution is -2.55. The first-order valence-electron chi connectivity index (χ1n) is 5.28. The fourth-order valence-corrected chi connectivity index (χ4v) is 3.96. The van der Waals surface area contributed by atoms with Crippen molar-refractivity contribution in [3.05, 3.63) is 0 Å². The molecule has 3 atom stereocenters. The molecule has 2 aliphatic heterocycles. The SMILES string of the molecule is CCC(C)(CN)N1CC2CC1CS2. The molecule has 0 aliphatic carbocycles. The smallest absolute Gasteiger partial charge is 0.0304 e. The summed E-state index contributed by atoms with van der Waals surface area (Å²) in [6.45, 7) is 6.65. The third-order valence-corrected chi connectivity index (χ3v) is 5.19. The van der Waals surface area contributed by atoms with Gasteiger partial charge >= 0.3 is 0 Å². The van der Waals surface area contributed by atoms with Crippen molar-refractivity contribution in [2.75, 3.05) is 18.8 Å². The monoisotopic (exact) mass is 200 g/mol. The summed E-state index contributed by atoms with van der Waals surface area (Å²) in [4.78, 5) is 2.66. The Kier molecular flexibility index (Phi) is 2.60. The largest absolute Gasteiger partial charge is 0.329 e. The van der Waals surface area contributed by atoms with Gasteiger partial charge in [-0.15, -0.1) is 0 Å². The molecule has 3 unspecified atom stereocenters. The van der Waals surface area contributed by atoms with Crippen molar-refractivity contribution < 1.29 is 0 Å². The van der Waals surface area contributed by atoms with Crippen molar-refractivity contribution >= 4 is 11.8 Å². The van der Waals surface area contributed by atoms with Crippen LogP contribution in [0.4, 0.5) is 0 Å². The van der Waals surface area contributed by atoms with E-state index in [-0.39, 0.29) is 5.54 Å². The highest BCUT2D eigenvalue weighted by atomic mass is 32.2. The summed E-state index contributed by atoms with van der Waals surface area (Å²) in [6, 6.07) is 0.823. The molecule has 76 valence electrons. The van der Waals surface area contributed by atoms with Crippen molar-refractivity contribution in [1.29, 1.82) is 0 Å². The number of nitrogens with zero attached hydrogens (tertiary/aromatic N) is 1. The zero-order valence-electron chi connectivity index (χ0n) is 8.62. The van der Waals surface area contributed by atoms with Gasteiger partial charge in [0.2, 0.25) is 0 Å². The van der Waals surface area contributed by atoms with E-state index in [1.807, 2.05) is 0 Å². The Morgan fingerprint density at radius 1 is 1.62 bits per heavy atom. The highest BCUT2D eigenvalue weighted by molar-refractivity contribution is 8.00. The van der Waals surface area contributed by atoms with Crippen LogP contribution >= 0.6 is 11.8 Å². The Bertz CT molecular complexity index is 191. The molecule has 2 N–H and O–H groups in total. The minimum absolute atomic E-state index is 0.264. The first-order chi connectivity index (χ1) is 6.19. The quantitative estimate of drug-likeness (QED) is 0.744. The van der Waals surface area contributed by atoms with Crippen LogP contribution in [0.5, 0.6) is 0 Å². The van der Waals surface area contributed by atoms with Gasteiger partial charge in [0.1, 0.15) is 0 Å². The lowest BCUT2D eigenvalue weighted by Gasteiger charge is -2.42. The molecule has 0 saturated carbocycles. The van der Waals surface area contributed by atoms with E-state index in [1.54, 1.807) is 0 Å². The van der Waals surface area contributed by atoms with Gasteiger partial charge in [-0.2, -0.15) is 11.8 Å². The van der Waals surface area contributed by atoms with E-state index in [9.17, 15) is 0 Å². The number of hydrogen-bond acceptors (Lipinski definition) is 3. The van der Waals surface area contributed by atoms with Gasteiger partial charge in [0.15, 0.2) is 0 Å². The molecule has 2 heterocycles. The second-order valence-electron chi connectivity index (χ2n) is 4.55. The highest BCUT2D eigenvalue weighted by Crippen LogP contribution is 2.41. The Balaban J connectivity index is 2.08. The number of fused-ring (bicyclic) bond motifs is 2. The minimum atomic E-state index is 0.264. The maximum Gasteiger partial charge on any atom is 0.0304 e. The molecule has 2 saturated heterocycles. The normalized spacial score (nSPS) is 38.1. The standard InChI is InChI=1S/C10H20N2S/c1-3-10(2,7-11)12-5-9-4-8(12)6-13-9/h8-9H,3-7,11H2,1-2H3. The Hall–Kier alpha value is 0.270. The number of rotatable bonds is 3. The van der Waals surface area contributed by atoms with Gasteiger partial charge in [0, 0.05) is 35.7 Å². The van der Waals surface area contributed by atoms with Crippen molar-refractivity contribution in [3.8, 4) is 0 Å². The van der Waals surface area contributed by atoms with Crippen LogP contribution in [0.25, 0.3) is 0 Å². The second-order valence-corrected chi connectivity index (χ2v) is 5.89. The van der Waals surface area contributed by atoms with Crippen LogP contribution in [0, 0.1) is 0 Å². The van der Waals surface area contributed by atoms with Gasteiger partial charge in [0.25, 0.3) is 0 Å². The average Bonchev–Trinajstić information content (AvgIpc) is 2.77. The molecular formula is C10H20N2S. The summed E-state index contributed by atoms with van der Waals surface area (Å²) in [5.41, 5.74) is 6.14. The van der Waals surface area contributed by atoms with Crippen LogP contribution in [-0.2, 0) is 0 Å². The number of likely N-dealkylation sites (tertiary alicyclic amines) is 1. The van der Waals surface area contributed by atoms with Crippen LogP contribution in [0.3, 0.4) is 0 Å². The topological polar surface area (TPSA) is 29.3 Å². The predicted molar refractivity (Wildman–Crippen MR) is 59.1 cm³/mol. The molecule has 2 nitrogen and oxygen atoms in total. The Morgan fingerprint density at radius 3 is 2.77 bits per heavy atom. The fourth-order valence-electron chi connectivity index (χ4n) is 2.53. The van der Waals surface area contributed by atoms with Gasteiger partial charge in [-0.05, 0) is 19.8 Å². The van der Waals surface area contributed by atoms with Crippen molar-refractivity contribution in [2.24, 2.45) is 5.73 Å². The molecule has 3 heteroatoms. The molecule has 13 heavy (non-hydrogen) atoms.